The molecule has 4 heteroatoms. The molecule has 1 aromatic carbocycles. The topological polar surface area (TPSA) is 51.1 Å². The zero-order chi connectivity index (χ0) is 19.4. The van der Waals surface area contributed by atoms with Crippen molar-refractivity contribution in [3.63, 3.8) is 0 Å². The van der Waals surface area contributed by atoms with Crippen LogP contribution in [0.1, 0.15) is 36.5 Å². The smallest absolute Gasteiger partial charge is 0.255 e. The predicted octanol–water partition coefficient (Wildman–Crippen LogP) is 2.87. The lowest BCUT2D eigenvalue weighted by molar-refractivity contribution is -0.115. The molecule has 2 aromatic rings. The molecule has 1 aromatic heterocycles. The molecular weight excluding hydrogens is 324 g/mol. The first-order chi connectivity index (χ1) is 12.2. The van der Waals surface area contributed by atoms with E-state index in [1.54, 1.807) is 6.07 Å². The number of aryl methyl sites for hydroxylation is 3. The highest BCUT2D eigenvalue weighted by molar-refractivity contribution is 5.96. The number of pyridine rings is 1. The van der Waals surface area contributed by atoms with E-state index in [-0.39, 0.29) is 17.9 Å². The van der Waals surface area contributed by atoms with Crippen LogP contribution < -0.4 is 21.4 Å². The molecule has 1 N–H and O–H groups in total. The molecule has 0 spiro atoms. The summed E-state index contributed by atoms with van der Waals surface area (Å²) in [7, 11) is 0. The van der Waals surface area contributed by atoms with Crippen molar-refractivity contribution in [3.05, 3.63) is 68.5 Å². The van der Waals surface area contributed by atoms with Crippen LogP contribution in [-0.2, 0) is 4.79 Å². The number of benzene rings is 1. The minimum Gasteiger partial charge on any atom is -0.326 e. The number of nitrogens with one attached hydrogen (secondary N) is 1. The van der Waals surface area contributed by atoms with Gasteiger partial charge < -0.3 is 5.32 Å². The molecule has 4 nitrogen and oxygen atoms in total. The molecule has 1 amide bonds. The molecule has 0 bridgehead atoms. The van der Waals surface area contributed by atoms with Crippen LogP contribution in [0.25, 0.3) is 18.4 Å². The van der Waals surface area contributed by atoms with Gasteiger partial charge in [-0.05, 0) is 61.2 Å². The van der Waals surface area contributed by atoms with Crippen LogP contribution in [0.15, 0.2) is 35.6 Å². The summed E-state index contributed by atoms with van der Waals surface area (Å²) in [4.78, 5) is 24.8. The van der Waals surface area contributed by atoms with Crippen LogP contribution in [0.2, 0.25) is 0 Å². The first kappa shape index (κ1) is 19.4. The lowest BCUT2D eigenvalue weighted by Crippen LogP contribution is -2.41. The number of hydrogen-bond donors (Lipinski definition) is 1. The molecule has 0 saturated carbocycles. The predicted molar refractivity (Wildman–Crippen MR) is 109 cm³/mol. The maximum absolute atomic E-state index is 12.5. The van der Waals surface area contributed by atoms with Crippen molar-refractivity contribution in [2.45, 2.75) is 40.5 Å². The zero-order valence-corrected chi connectivity index (χ0v) is 16.0. The van der Waals surface area contributed by atoms with Gasteiger partial charge in [0.2, 0.25) is 5.91 Å². The summed E-state index contributed by atoms with van der Waals surface area (Å²) in [5.74, 6) is -0.204. The average molecular weight is 350 g/mol. The summed E-state index contributed by atoms with van der Waals surface area (Å²) in [6.45, 7) is 15.9. The van der Waals surface area contributed by atoms with Gasteiger partial charge in [-0.25, -0.2) is 0 Å². The van der Waals surface area contributed by atoms with Crippen molar-refractivity contribution in [1.82, 2.24) is 4.57 Å². The molecule has 136 valence electrons. The maximum atomic E-state index is 12.5. The number of carbonyl (C=O) groups is 1. The number of amides is 1. The third kappa shape index (κ3) is 4.20. The van der Waals surface area contributed by atoms with E-state index in [1.165, 1.54) is 16.2 Å². The molecule has 0 fully saturated rings. The van der Waals surface area contributed by atoms with Gasteiger partial charge in [0.05, 0.1) is 11.8 Å². The van der Waals surface area contributed by atoms with Crippen LogP contribution in [0, 0.1) is 20.8 Å². The van der Waals surface area contributed by atoms with Crippen LogP contribution >= 0.6 is 0 Å². The lowest BCUT2D eigenvalue weighted by Gasteiger charge is -2.14. The fourth-order valence-electron chi connectivity index (χ4n) is 2.89. The van der Waals surface area contributed by atoms with E-state index >= 15 is 0 Å². The second-order valence-electron chi connectivity index (χ2n) is 6.57. The molecule has 0 unspecified atom stereocenters. The van der Waals surface area contributed by atoms with Crippen molar-refractivity contribution in [2.75, 3.05) is 5.32 Å². The summed E-state index contributed by atoms with van der Waals surface area (Å²) in [6.07, 6.45) is 2.70. The van der Waals surface area contributed by atoms with Gasteiger partial charge in [-0.1, -0.05) is 32.2 Å². The quantitative estimate of drug-likeness (QED) is 0.901. The summed E-state index contributed by atoms with van der Waals surface area (Å²) in [5, 5.41) is 4.35. The molecule has 26 heavy (non-hydrogen) atoms. The van der Waals surface area contributed by atoms with Crippen molar-refractivity contribution in [1.29, 1.82) is 0 Å². The summed E-state index contributed by atoms with van der Waals surface area (Å²) < 4.78 is 1.47. The van der Waals surface area contributed by atoms with Crippen LogP contribution in [0.4, 0.5) is 5.69 Å². The highest BCUT2D eigenvalue weighted by Gasteiger charge is 2.11. The largest absolute Gasteiger partial charge is 0.326 e. The van der Waals surface area contributed by atoms with E-state index in [0.717, 1.165) is 28.5 Å². The van der Waals surface area contributed by atoms with E-state index in [4.69, 9.17) is 0 Å². The molecule has 0 aliphatic carbocycles. The summed E-state index contributed by atoms with van der Waals surface area (Å²) >= 11 is 0. The fourth-order valence-corrected chi connectivity index (χ4v) is 2.89. The first-order valence-electron chi connectivity index (χ1n) is 8.71. The second-order valence-corrected chi connectivity index (χ2v) is 6.57. The molecule has 0 aliphatic heterocycles. The van der Waals surface area contributed by atoms with E-state index in [9.17, 15) is 9.59 Å². The number of nitrogens with zero attached hydrogens (tertiary/aromatic N) is 1. The minimum absolute atomic E-state index is 0.0281. The molecule has 0 saturated heterocycles. The Morgan fingerprint density at radius 2 is 1.81 bits per heavy atom. The van der Waals surface area contributed by atoms with Crippen LogP contribution in [-0.4, -0.2) is 10.5 Å². The highest BCUT2D eigenvalue weighted by Crippen LogP contribution is 2.20. The Hall–Kier alpha value is -2.88. The number of anilines is 1. The van der Waals surface area contributed by atoms with Crippen molar-refractivity contribution < 1.29 is 4.79 Å². The minimum atomic E-state index is -0.211. The number of aromatic nitrogens is 1. The van der Waals surface area contributed by atoms with Gasteiger partial charge in [-0.2, -0.15) is 0 Å². The lowest BCUT2D eigenvalue weighted by atomic mass is 10.0. The van der Waals surface area contributed by atoms with E-state index in [2.05, 4.69) is 18.5 Å². The standard InChI is InChI=1S/C22H26N2O2/c1-7-8-20-14(2)9-10-22(26)24(20)18(6)13-21(25)23-19-12-16(4)15(3)11-17(19)5/h8-12H,2,6-7,13H2,1,3-5H3,(H,23,25)/b20-8+. The number of hydrogen-bond acceptors (Lipinski definition) is 2. The Morgan fingerprint density at radius 1 is 1.15 bits per heavy atom. The Bertz CT molecular complexity index is 1030. The second kappa shape index (κ2) is 8.00. The number of carbonyl (C=O) groups excluding carboxylic acids is 1. The molecule has 0 atom stereocenters. The third-order valence-electron chi connectivity index (χ3n) is 4.41. The maximum Gasteiger partial charge on any atom is 0.255 e. The van der Waals surface area contributed by atoms with Crippen LogP contribution in [0.5, 0.6) is 0 Å². The van der Waals surface area contributed by atoms with Gasteiger partial charge in [0.15, 0.2) is 0 Å². The Balaban J connectivity index is 2.29. The molecule has 0 radical (unpaired) electrons. The van der Waals surface area contributed by atoms with Gasteiger partial charge in [0.1, 0.15) is 0 Å². The van der Waals surface area contributed by atoms with E-state index in [1.807, 2.05) is 45.9 Å². The van der Waals surface area contributed by atoms with E-state index in [0.29, 0.717) is 11.0 Å². The van der Waals surface area contributed by atoms with Crippen molar-refractivity contribution in [3.8, 4) is 0 Å². The van der Waals surface area contributed by atoms with Gasteiger partial charge >= 0.3 is 0 Å². The van der Waals surface area contributed by atoms with Gasteiger partial charge in [0, 0.05) is 17.5 Å². The average Bonchev–Trinajstić information content (AvgIpc) is 2.56. The van der Waals surface area contributed by atoms with Crippen molar-refractivity contribution >= 4 is 29.9 Å². The third-order valence-corrected chi connectivity index (χ3v) is 4.41. The monoisotopic (exact) mass is 350 g/mol. The first-order valence-corrected chi connectivity index (χ1v) is 8.71. The van der Waals surface area contributed by atoms with Crippen molar-refractivity contribution in [2.24, 2.45) is 0 Å². The SMILES string of the molecule is C=C(CC(=O)Nc1cc(C)c(C)cc1C)n1c(=O)ccc(=C)/c1=C\CC. The van der Waals surface area contributed by atoms with Gasteiger partial charge in [0.25, 0.3) is 5.56 Å². The summed E-state index contributed by atoms with van der Waals surface area (Å²) in [5.41, 5.74) is 4.30. The fraction of sp³-hybridized carbons (Fsp3) is 0.273. The molecule has 2 rings (SSSR count). The van der Waals surface area contributed by atoms with Gasteiger partial charge in [-0.3, -0.25) is 14.2 Å². The molecule has 0 aliphatic rings. The Kier molecular flexibility index (Phi) is 5.98. The van der Waals surface area contributed by atoms with Gasteiger partial charge in [-0.15, -0.1) is 0 Å². The Labute approximate surface area is 154 Å². The highest BCUT2D eigenvalue weighted by atomic mass is 16.2. The Morgan fingerprint density at radius 3 is 2.46 bits per heavy atom. The normalized spacial score (nSPS) is 11.5. The molecule has 1 heterocycles. The number of rotatable bonds is 5. The van der Waals surface area contributed by atoms with Crippen LogP contribution in [0.3, 0.4) is 0 Å². The van der Waals surface area contributed by atoms with E-state index < -0.39 is 0 Å². The summed E-state index contributed by atoms with van der Waals surface area (Å²) in [6, 6.07) is 7.15. The zero-order valence-electron chi connectivity index (χ0n) is 16.0. The molecular formula is C22H26N2O2.